The van der Waals surface area contributed by atoms with Gasteiger partial charge in [-0.15, -0.1) is 0 Å². The van der Waals surface area contributed by atoms with Gasteiger partial charge in [0.25, 0.3) is 0 Å². The zero-order chi connectivity index (χ0) is 11.4. The first-order chi connectivity index (χ1) is 7.86. The molecule has 6 heteroatoms. The number of nitrogens with zero attached hydrogens (tertiary/aromatic N) is 2. The van der Waals surface area contributed by atoms with E-state index in [0.717, 1.165) is 16.8 Å². The number of hydrogen-bond donors (Lipinski definition) is 3. The number of anilines is 2. The normalized spacial score (nSPS) is 9.81. The van der Waals surface area contributed by atoms with Crippen molar-refractivity contribution in [1.29, 1.82) is 0 Å². The first-order valence-corrected chi connectivity index (χ1v) is 4.73. The zero-order valence-corrected chi connectivity index (χ0v) is 8.69. The maximum Gasteiger partial charge on any atom is 0.212 e. The quantitative estimate of drug-likeness (QED) is 0.669. The molecule has 2 aromatic heterocycles. The highest BCUT2D eigenvalue weighted by Crippen LogP contribution is 2.31. The molecule has 2 aromatic rings. The highest BCUT2D eigenvalue weighted by molar-refractivity contribution is 5.88. The number of nitrogens with one attached hydrogen (secondary N) is 3. The number of amides is 1. The molecule has 16 heavy (non-hydrogen) atoms. The second-order valence-corrected chi connectivity index (χ2v) is 3.08. The molecule has 0 aliphatic heterocycles. The third-order valence-electron chi connectivity index (χ3n) is 2.21. The van der Waals surface area contributed by atoms with Crippen molar-refractivity contribution in [2.75, 3.05) is 17.7 Å². The second-order valence-electron chi connectivity index (χ2n) is 3.08. The Morgan fingerprint density at radius 2 is 2.38 bits per heavy atom. The third-order valence-corrected chi connectivity index (χ3v) is 2.21. The maximum atomic E-state index is 10.4. The number of aromatic nitrogens is 3. The van der Waals surface area contributed by atoms with Gasteiger partial charge in [-0.2, -0.15) is 5.10 Å². The molecule has 2 rings (SSSR count). The van der Waals surface area contributed by atoms with Gasteiger partial charge in [0, 0.05) is 30.6 Å². The molecule has 0 saturated carbocycles. The third kappa shape index (κ3) is 1.72. The van der Waals surface area contributed by atoms with Gasteiger partial charge in [-0.05, 0) is 6.07 Å². The van der Waals surface area contributed by atoms with Gasteiger partial charge >= 0.3 is 0 Å². The summed E-state index contributed by atoms with van der Waals surface area (Å²) < 4.78 is 0. The van der Waals surface area contributed by atoms with E-state index in [1.54, 1.807) is 25.6 Å². The number of hydrogen-bond acceptors (Lipinski definition) is 4. The van der Waals surface area contributed by atoms with Crippen LogP contribution >= 0.6 is 0 Å². The van der Waals surface area contributed by atoms with Gasteiger partial charge in [0.2, 0.25) is 6.41 Å². The van der Waals surface area contributed by atoms with Crippen LogP contribution in [-0.2, 0) is 4.79 Å². The average molecular weight is 217 g/mol. The summed E-state index contributed by atoms with van der Waals surface area (Å²) in [6.45, 7) is 0. The molecule has 0 aliphatic rings. The molecule has 0 saturated heterocycles. The van der Waals surface area contributed by atoms with Crippen molar-refractivity contribution in [3.05, 3.63) is 24.7 Å². The van der Waals surface area contributed by atoms with Crippen LogP contribution < -0.4 is 10.6 Å². The number of carbonyl (C=O) groups is 1. The van der Waals surface area contributed by atoms with Crippen molar-refractivity contribution in [2.24, 2.45) is 0 Å². The molecule has 0 radical (unpaired) electrons. The largest absolute Gasteiger partial charge is 0.385 e. The van der Waals surface area contributed by atoms with E-state index in [9.17, 15) is 4.79 Å². The van der Waals surface area contributed by atoms with Crippen LogP contribution in [0.3, 0.4) is 0 Å². The smallest absolute Gasteiger partial charge is 0.212 e. The summed E-state index contributed by atoms with van der Waals surface area (Å²) in [5.41, 5.74) is 2.62. The lowest BCUT2D eigenvalue weighted by Gasteiger charge is -2.10. The SMILES string of the molecule is CNc1c(-c2cn[nH]c2)ccnc1NC=O. The van der Waals surface area contributed by atoms with Crippen molar-refractivity contribution >= 4 is 17.9 Å². The molecule has 2 heterocycles. The van der Waals surface area contributed by atoms with Crippen LogP contribution in [0.2, 0.25) is 0 Å². The lowest BCUT2D eigenvalue weighted by Crippen LogP contribution is -2.03. The standard InChI is InChI=1S/C10H11N5O/c1-11-9-8(7-4-14-15-5-7)2-3-12-10(9)13-6-16/h2-6,11H,1H3,(H,14,15)(H,12,13,16). The van der Waals surface area contributed by atoms with E-state index in [0.29, 0.717) is 12.2 Å². The summed E-state index contributed by atoms with van der Waals surface area (Å²) in [4.78, 5) is 14.5. The Hall–Kier alpha value is -2.37. The molecule has 0 aliphatic carbocycles. The predicted molar refractivity (Wildman–Crippen MR) is 61.1 cm³/mol. The number of pyridine rings is 1. The average Bonchev–Trinajstić information content (AvgIpc) is 2.82. The topological polar surface area (TPSA) is 82.7 Å². The van der Waals surface area contributed by atoms with Crippen LogP contribution in [0.25, 0.3) is 11.1 Å². The van der Waals surface area contributed by atoms with Gasteiger partial charge in [-0.25, -0.2) is 4.98 Å². The number of carbonyl (C=O) groups excluding carboxylic acids is 1. The molecular weight excluding hydrogens is 206 g/mol. The van der Waals surface area contributed by atoms with Gasteiger partial charge in [0.05, 0.1) is 11.9 Å². The molecule has 1 amide bonds. The summed E-state index contributed by atoms with van der Waals surface area (Å²) >= 11 is 0. The molecule has 0 atom stereocenters. The van der Waals surface area contributed by atoms with Crippen LogP contribution in [0.5, 0.6) is 0 Å². The number of aromatic amines is 1. The summed E-state index contributed by atoms with van der Waals surface area (Å²) in [7, 11) is 1.77. The minimum absolute atomic E-state index is 0.496. The zero-order valence-electron chi connectivity index (χ0n) is 8.69. The molecule has 0 aromatic carbocycles. The van der Waals surface area contributed by atoms with E-state index in [1.807, 2.05) is 6.07 Å². The minimum atomic E-state index is 0.496. The van der Waals surface area contributed by atoms with Gasteiger partial charge < -0.3 is 10.6 Å². The molecule has 6 nitrogen and oxygen atoms in total. The van der Waals surface area contributed by atoms with Gasteiger partial charge in [0.1, 0.15) is 0 Å². The van der Waals surface area contributed by atoms with Crippen LogP contribution in [0.4, 0.5) is 11.5 Å². The van der Waals surface area contributed by atoms with E-state index in [4.69, 9.17) is 0 Å². The number of H-pyrrole nitrogens is 1. The Balaban J connectivity index is 2.53. The minimum Gasteiger partial charge on any atom is -0.385 e. The lowest BCUT2D eigenvalue weighted by molar-refractivity contribution is -0.105. The summed E-state index contributed by atoms with van der Waals surface area (Å²) in [5, 5.41) is 12.2. The van der Waals surface area contributed by atoms with Crippen LogP contribution in [-0.4, -0.2) is 28.6 Å². The van der Waals surface area contributed by atoms with Crippen molar-refractivity contribution in [2.45, 2.75) is 0 Å². The lowest BCUT2D eigenvalue weighted by atomic mass is 10.1. The first kappa shape index (κ1) is 10.2. The van der Waals surface area contributed by atoms with E-state index < -0.39 is 0 Å². The van der Waals surface area contributed by atoms with Crippen LogP contribution in [0.1, 0.15) is 0 Å². The molecule has 0 fully saturated rings. The molecule has 0 spiro atoms. The molecule has 0 unspecified atom stereocenters. The van der Waals surface area contributed by atoms with Crippen molar-refractivity contribution < 1.29 is 4.79 Å². The Morgan fingerprint density at radius 1 is 1.50 bits per heavy atom. The van der Waals surface area contributed by atoms with E-state index in [2.05, 4.69) is 25.8 Å². The van der Waals surface area contributed by atoms with E-state index >= 15 is 0 Å². The Labute approximate surface area is 92.1 Å². The van der Waals surface area contributed by atoms with E-state index in [1.165, 1.54) is 0 Å². The molecule has 3 N–H and O–H groups in total. The monoisotopic (exact) mass is 217 g/mol. The van der Waals surface area contributed by atoms with Gasteiger partial charge in [-0.1, -0.05) is 0 Å². The Bertz CT molecular complexity index is 480. The molecule has 82 valence electrons. The fourth-order valence-corrected chi connectivity index (χ4v) is 1.52. The summed E-state index contributed by atoms with van der Waals surface area (Å²) in [5.74, 6) is 0.496. The van der Waals surface area contributed by atoms with Crippen molar-refractivity contribution in [3.8, 4) is 11.1 Å². The number of rotatable bonds is 4. The fraction of sp³-hybridized carbons (Fsp3) is 0.100. The summed E-state index contributed by atoms with van der Waals surface area (Å²) in [6.07, 6.45) is 5.72. The summed E-state index contributed by atoms with van der Waals surface area (Å²) in [6, 6.07) is 1.85. The predicted octanol–water partition coefficient (Wildman–Crippen LogP) is 1.08. The van der Waals surface area contributed by atoms with E-state index in [-0.39, 0.29) is 0 Å². The maximum absolute atomic E-state index is 10.4. The Morgan fingerprint density at radius 3 is 3.00 bits per heavy atom. The highest BCUT2D eigenvalue weighted by atomic mass is 16.1. The highest BCUT2D eigenvalue weighted by Gasteiger charge is 2.10. The van der Waals surface area contributed by atoms with Crippen LogP contribution in [0.15, 0.2) is 24.7 Å². The second kappa shape index (κ2) is 4.43. The van der Waals surface area contributed by atoms with Crippen molar-refractivity contribution in [3.63, 3.8) is 0 Å². The van der Waals surface area contributed by atoms with Gasteiger partial charge in [0.15, 0.2) is 5.82 Å². The van der Waals surface area contributed by atoms with Crippen LogP contribution in [0, 0.1) is 0 Å². The molecule has 0 bridgehead atoms. The van der Waals surface area contributed by atoms with Crippen molar-refractivity contribution in [1.82, 2.24) is 15.2 Å². The van der Waals surface area contributed by atoms with Gasteiger partial charge in [-0.3, -0.25) is 9.89 Å². The fourth-order valence-electron chi connectivity index (χ4n) is 1.52. The molecular formula is C10H11N5O. The first-order valence-electron chi connectivity index (χ1n) is 4.73. The Kier molecular flexibility index (Phi) is 2.81.